The summed E-state index contributed by atoms with van der Waals surface area (Å²) in [5, 5.41) is 2.72. The van der Waals surface area contributed by atoms with E-state index in [9.17, 15) is 9.59 Å². The van der Waals surface area contributed by atoms with Gasteiger partial charge in [0.1, 0.15) is 12.6 Å². The number of unbranched alkanes of at least 4 members (excludes halogenated alkanes) is 2. The van der Waals surface area contributed by atoms with Crippen molar-refractivity contribution in [2.24, 2.45) is 5.92 Å². The lowest BCUT2D eigenvalue weighted by molar-refractivity contribution is -0.149. The molecule has 1 N–H and O–H groups in total. The summed E-state index contributed by atoms with van der Waals surface area (Å²) in [6, 6.07) is -0.674. The Bertz CT molecular complexity index is 357. The van der Waals surface area contributed by atoms with E-state index in [0.29, 0.717) is 25.6 Å². The fourth-order valence-corrected chi connectivity index (χ4v) is 2.49. The molecule has 6 nitrogen and oxygen atoms in total. The van der Waals surface area contributed by atoms with Crippen LogP contribution in [0.1, 0.15) is 52.4 Å². The smallest absolute Gasteiger partial charge is 0.328 e. The Morgan fingerprint density at radius 3 is 2.52 bits per heavy atom. The van der Waals surface area contributed by atoms with Crippen LogP contribution < -0.4 is 5.32 Å². The first-order valence-corrected chi connectivity index (χ1v) is 8.68. The van der Waals surface area contributed by atoms with E-state index in [-0.39, 0.29) is 18.6 Å². The molecule has 1 fully saturated rings. The van der Waals surface area contributed by atoms with Crippen molar-refractivity contribution in [2.45, 2.75) is 64.5 Å². The second-order valence-electron chi connectivity index (χ2n) is 5.98. The molecule has 6 heteroatoms. The summed E-state index contributed by atoms with van der Waals surface area (Å²) < 4.78 is 15.8. The predicted molar refractivity (Wildman–Crippen MR) is 87.0 cm³/mol. The number of hydrogen-bond acceptors (Lipinski definition) is 5. The van der Waals surface area contributed by atoms with Crippen LogP contribution in [0.25, 0.3) is 0 Å². The summed E-state index contributed by atoms with van der Waals surface area (Å²) in [5.74, 6) is -0.209. The van der Waals surface area contributed by atoms with Gasteiger partial charge in [-0.2, -0.15) is 0 Å². The van der Waals surface area contributed by atoms with E-state index in [4.69, 9.17) is 14.2 Å². The number of carbonyl (C=O) groups is 2. The van der Waals surface area contributed by atoms with Crippen molar-refractivity contribution < 1.29 is 23.8 Å². The van der Waals surface area contributed by atoms with Crippen molar-refractivity contribution >= 4 is 11.9 Å². The van der Waals surface area contributed by atoms with Crippen LogP contribution in [0.15, 0.2) is 0 Å². The molecule has 2 atom stereocenters. The Hall–Kier alpha value is -1.14. The molecule has 0 saturated heterocycles. The topological polar surface area (TPSA) is 73.9 Å². The van der Waals surface area contributed by atoms with Crippen LogP contribution in [0.4, 0.5) is 0 Å². The SMILES string of the molecule is CCCCCOCC(=O)NC(CC(OC)C1CC1)C(=O)OCC. The van der Waals surface area contributed by atoms with Gasteiger partial charge in [0.2, 0.25) is 5.91 Å². The normalized spacial score (nSPS) is 16.7. The minimum absolute atomic E-state index is 0.0184. The van der Waals surface area contributed by atoms with Gasteiger partial charge >= 0.3 is 5.97 Å². The maximum atomic E-state index is 12.1. The van der Waals surface area contributed by atoms with Crippen molar-refractivity contribution in [3.8, 4) is 0 Å². The first-order chi connectivity index (χ1) is 11.1. The van der Waals surface area contributed by atoms with Crippen LogP contribution in [-0.4, -0.2) is 51.0 Å². The van der Waals surface area contributed by atoms with Gasteiger partial charge in [-0.25, -0.2) is 4.79 Å². The molecule has 1 aliphatic rings. The molecule has 0 aromatic rings. The van der Waals surface area contributed by atoms with Crippen LogP contribution in [0.3, 0.4) is 0 Å². The van der Waals surface area contributed by atoms with E-state index < -0.39 is 12.0 Å². The molecule has 2 unspecified atom stereocenters. The number of esters is 1. The van der Waals surface area contributed by atoms with Crippen molar-refractivity contribution in [1.82, 2.24) is 5.32 Å². The van der Waals surface area contributed by atoms with Crippen LogP contribution in [0.2, 0.25) is 0 Å². The van der Waals surface area contributed by atoms with Crippen LogP contribution in [-0.2, 0) is 23.8 Å². The van der Waals surface area contributed by atoms with E-state index in [1.54, 1.807) is 14.0 Å². The summed E-state index contributed by atoms with van der Waals surface area (Å²) in [6.07, 6.45) is 5.80. The third kappa shape index (κ3) is 8.32. The molecule has 1 aliphatic carbocycles. The molecule has 0 aromatic heterocycles. The number of hydrogen-bond donors (Lipinski definition) is 1. The molecule has 0 radical (unpaired) electrons. The van der Waals surface area contributed by atoms with E-state index in [0.717, 1.165) is 32.1 Å². The summed E-state index contributed by atoms with van der Waals surface area (Å²) in [7, 11) is 1.64. The summed E-state index contributed by atoms with van der Waals surface area (Å²) in [4.78, 5) is 24.0. The largest absolute Gasteiger partial charge is 0.464 e. The zero-order valence-corrected chi connectivity index (χ0v) is 14.6. The predicted octanol–water partition coefficient (Wildman–Crippen LogP) is 2.06. The van der Waals surface area contributed by atoms with Gasteiger partial charge in [-0.3, -0.25) is 4.79 Å². The molecule has 134 valence electrons. The molecule has 1 rings (SSSR count). The lowest BCUT2D eigenvalue weighted by Crippen LogP contribution is -2.45. The molecular formula is C17H31NO5. The number of carbonyl (C=O) groups excluding carboxylic acids is 2. The minimum Gasteiger partial charge on any atom is -0.464 e. The van der Waals surface area contributed by atoms with Gasteiger partial charge in [0.25, 0.3) is 0 Å². The molecule has 0 bridgehead atoms. The Morgan fingerprint density at radius 1 is 1.22 bits per heavy atom. The van der Waals surface area contributed by atoms with E-state index >= 15 is 0 Å². The molecule has 0 heterocycles. The summed E-state index contributed by atoms with van der Waals surface area (Å²) >= 11 is 0. The van der Waals surface area contributed by atoms with Gasteiger partial charge in [-0.15, -0.1) is 0 Å². The fourth-order valence-electron chi connectivity index (χ4n) is 2.49. The van der Waals surface area contributed by atoms with Gasteiger partial charge in [0.05, 0.1) is 12.7 Å². The van der Waals surface area contributed by atoms with Gasteiger partial charge in [0, 0.05) is 20.1 Å². The zero-order chi connectivity index (χ0) is 17.1. The van der Waals surface area contributed by atoms with Crippen LogP contribution >= 0.6 is 0 Å². The third-order valence-electron chi connectivity index (χ3n) is 3.95. The number of rotatable bonds is 13. The van der Waals surface area contributed by atoms with Crippen molar-refractivity contribution in [3.63, 3.8) is 0 Å². The van der Waals surface area contributed by atoms with Gasteiger partial charge < -0.3 is 19.5 Å². The van der Waals surface area contributed by atoms with E-state index in [2.05, 4.69) is 12.2 Å². The molecule has 0 aromatic carbocycles. The Kier molecular flexibility index (Phi) is 9.87. The highest BCUT2D eigenvalue weighted by Gasteiger charge is 2.35. The second-order valence-corrected chi connectivity index (χ2v) is 5.98. The lowest BCUT2D eigenvalue weighted by Gasteiger charge is -2.22. The molecule has 0 aliphatic heterocycles. The van der Waals surface area contributed by atoms with Crippen LogP contribution in [0, 0.1) is 5.92 Å². The van der Waals surface area contributed by atoms with Crippen molar-refractivity contribution in [3.05, 3.63) is 0 Å². The lowest BCUT2D eigenvalue weighted by atomic mass is 10.1. The standard InChI is InChI=1S/C17H31NO5/c1-4-6-7-10-22-12-16(19)18-14(17(20)23-5-2)11-15(21-3)13-8-9-13/h13-15H,4-12H2,1-3H3,(H,18,19). The maximum absolute atomic E-state index is 12.1. The Labute approximate surface area is 139 Å². The van der Waals surface area contributed by atoms with Gasteiger partial charge in [-0.05, 0) is 32.1 Å². The van der Waals surface area contributed by atoms with Gasteiger partial charge in [-0.1, -0.05) is 19.8 Å². The maximum Gasteiger partial charge on any atom is 0.328 e. The number of methoxy groups -OCH3 is 1. The quantitative estimate of drug-likeness (QED) is 0.413. The molecule has 0 spiro atoms. The average molecular weight is 329 g/mol. The third-order valence-corrected chi connectivity index (χ3v) is 3.95. The summed E-state index contributed by atoms with van der Waals surface area (Å²) in [6.45, 7) is 4.69. The highest BCUT2D eigenvalue weighted by molar-refractivity contribution is 5.85. The van der Waals surface area contributed by atoms with E-state index in [1.165, 1.54) is 0 Å². The number of nitrogens with one attached hydrogen (secondary N) is 1. The summed E-state index contributed by atoms with van der Waals surface area (Å²) in [5.41, 5.74) is 0. The monoisotopic (exact) mass is 329 g/mol. The molecule has 1 saturated carbocycles. The Balaban J connectivity index is 2.41. The highest BCUT2D eigenvalue weighted by atomic mass is 16.5. The number of ether oxygens (including phenoxy) is 3. The Morgan fingerprint density at radius 2 is 1.96 bits per heavy atom. The first kappa shape index (κ1) is 19.9. The van der Waals surface area contributed by atoms with Crippen molar-refractivity contribution in [2.75, 3.05) is 26.9 Å². The average Bonchev–Trinajstić information content (AvgIpc) is 3.36. The molecular weight excluding hydrogens is 298 g/mol. The highest BCUT2D eigenvalue weighted by Crippen LogP contribution is 2.36. The minimum atomic E-state index is -0.674. The number of amides is 1. The first-order valence-electron chi connectivity index (χ1n) is 8.68. The van der Waals surface area contributed by atoms with Crippen LogP contribution in [0.5, 0.6) is 0 Å². The van der Waals surface area contributed by atoms with Gasteiger partial charge in [0.15, 0.2) is 0 Å². The van der Waals surface area contributed by atoms with Crippen molar-refractivity contribution in [1.29, 1.82) is 0 Å². The zero-order valence-electron chi connectivity index (χ0n) is 14.6. The second kappa shape index (κ2) is 11.4. The molecule has 23 heavy (non-hydrogen) atoms. The fraction of sp³-hybridized carbons (Fsp3) is 0.882. The van der Waals surface area contributed by atoms with E-state index in [1.807, 2.05) is 0 Å². The molecule has 1 amide bonds.